The van der Waals surface area contributed by atoms with E-state index in [1.54, 1.807) is 0 Å². The average molecular weight is 254 g/mol. The van der Waals surface area contributed by atoms with Gasteiger partial charge in [-0.2, -0.15) is 0 Å². The van der Waals surface area contributed by atoms with E-state index in [2.05, 4.69) is 10.3 Å². The molecule has 0 amide bonds. The molecule has 7 nitrogen and oxygen atoms in total. The fourth-order valence-electron chi connectivity index (χ4n) is 1.81. The number of aromatic nitrogens is 3. The molecule has 1 aromatic rings. The van der Waals surface area contributed by atoms with E-state index in [-0.39, 0.29) is 18.4 Å². The molecule has 0 bridgehead atoms. The lowest BCUT2D eigenvalue weighted by Gasteiger charge is -2.21. The van der Waals surface area contributed by atoms with E-state index in [0.717, 1.165) is 25.9 Å². The molecule has 2 rings (SSSR count). The second-order valence-electron chi connectivity index (χ2n) is 4.24. The second kappa shape index (κ2) is 6.46. The molecule has 0 aromatic carbocycles. The van der Waals surface area contributed by atoms with Gasteiger partial charge in [0.05, 0.1) is 18.8 Å². The molecule has 0 aliphatic carbocycles. The van der Waals surface area contributed by atoms with Crippen LogP contribution in [0.15, 0.2) is 6.20 Å². The lowest BCUT2D eigenvalue weighted by molar-refractivity contribution is -0.0302. The summed E-state index contributed by atoms with van der Waals surface area (Å²) in [6, 6.07) is 0. The van der Waals surface area contributed by atoms with Crippen molar-refractivity contribution in [1.82, 2.24) is 15.0 Å². The third-order valence-electron chi connectivity index (χ3n) is 2.78. The molecule has 1 atom stereocenters. The van der Waals surface area contributed by atoms with Crippen LogP contribution < -0.4 is 5.73 Å². The number of carbonyl (C=O) groups is 1. The van der Waals surface area contributed by atoms with E-state index in [0.29, 0.717) is 13.1 Å². The van der Waals surface area contributed by atoms with Crippen molar-refractivity contribution in [2.24, 2.45) is 5.73 Å². The van der Waals surface area contributed by atoms with Gasteiger partial charge in [-0.15, -0.1) is 5.10 Å². The minimum Gasteiger partial charge on any atom is -0.458 e. The van der Waals surface area contributed by atoms with Crippen LogP contribution in [0.1, 0.15) is 29.8 Å². The van der Waals surface area contributed by atoms with Crippen molar-refractivity contribution in [3.05, 3.63) is 11.9 Å². The predicted molar refractivity (Wildman–Crippen MR) is 62.9 cm³/mol. The minimum absolute atomic E-state index is 0.0155. The maximum atomic E-state index is 11.7. The summed E-state index contributed by atoms with van der Waals surface area (Å²) in [6.07, 6.45) is 4.69. The van der Waals surface area contributed by atoms with Gasteiger partial charge < -0.3 is 15.2 Å². The molecule has 0 radical (unpaired) electrons. The summed E-state index contributed by atoms with van der Waals surface area (Å²) in [5.74, 6) is -0.465. The zero-order valence-electron chi connectivity index (χ0n) is 10.2. The molecule has 2 N–H and O–H groups in total. The monoisotopic (exact) mass is 254 g/mol. The molecule has 0 spiro atoms. The zero-order chi connectivity index (χ0) is 12.8. The van der Waals surface area contributed by atoms with Crippen molar-refractivity contribution in [3.63, 3.8) is 0 Å². The van der Waals surface area contributed by atoms with E-state index in [4.69, 9.17) is 15.2 Å². The van der Waals surface area contributed by atoms with Crippen LogP contribution in [0.2, 0.25) is 0 Å². The molecule has 1 unspecified atom stereocenters. The first kappa shape index (κ1) is 13.0. The van der Waals surface area contributed by atoms with Gasteiger partial charge >= 0.3 is 5.97 Å². The van der Waals surface area contributed by atoms with Crippen LogP contribution in [-0.2, 0) is 16.0 Å². The fraction of sp³-hybridized carbons (Fsp3) is 0.727. The molecule has 1 aromatic heterocycles. The van der Waals surface area contributed by atoms with Crippen LogP contribution in [0.4, 0.5) is 0 Å². The number of rotatable bonds is 5. The third kappa shape index (κ3) is 3.51. The van der Waals surface area contributed by atoms with Gasteiger partial charge in [0.1, 0.15) is 6.61 Å². The smallest absolute Gasteiger partial charge is 0.360 e. The summed E-state index contributed by atoms with van der Waals surface area (Å²) in [6.45, 7) is 2.01. The average Bonchev–Trinajstić information content (AvgIpc) is 2.86. The molecular formula is C11H18N4O3. The van der Waals surface area contributed by atoms with Gasteiger partial charge in [0, 0.05) is 13.2 Å². The first-order valence-corrected chi connectivity index (χ1v) is 6.18. The normalized spacial score (nSPS) is 19.7. The van der Waals surface area contributed by atoms with Crippen LogP contribution in [-0.4, -0.2) is 46.8 Å². The van der Waals surface area contributed by atoms with Crippen molar-refractivity contribution in [2.45, 2.75) is 31.9 Å². The van der Waals surface area contributed by atoms with Crippen LogP contribution in [0, 0.1) is 0 Å². The molecule has 100 valence electrons. The highest BCUT2D eigenvalue weighted by Crippen LogP contribution is 2.13. The summed E-state index contributed by atoms with van der Waals surface area (Å²) in [5.41, 5.74) is 5.59. The van der Waals surface area contributed by atoms with Crippen LogP contribution in [0.3, 0.4) is 0 Å². The number of esters is 1. The molecule has 18 heavy (non-hydrogen) atoms. The topological polar surface area (TPSA) is 92.3 Å². The van der Waals surface area contributed by atoms with E-state index < -0.39 is 5.97 Å². The Kier molecular flexibility index (Phi) is 4.66. The lowest BCUT2D eigenvalue weighted by Crippen LogP contribution is -2.26. The largest absolute Gasteiger partial charge is 0.458 e. The molecule has 1 saturated heterocycles. The number of ether oxygens (including phenoxy) is 2. The van der Waals surface area contributed by atoms with Crippen LogP contribution in [0.5, 0.6) is 0 Å². The van der Waals surface area contributed by atoms with Gasteiger partial charge in [0.25, 0.3) is 0 Å². The van der Waals surface area contributed by atoms with E-state index >= 15 is 0 Å². The van der Waals surface area contributed by atoms with Crippen molar-refractivity contribution in [2.75, 3.05) is 19.8 Å². The van der Waals surface area contributed by atoms with E-state index in [1.165, 1.54) is 10.9 Å². The summed E-state index contributed by atoms with van der Waals surface area (Å²) in [5, 5.41) is 7.52. The number of nitrogens with two attached hydrogens (primary N) is 1. The molecule has 1 aliphatic heterocycles. The van der Waals surface area contributed by atoms with Gasteiger partial charge in [-0.25, -0.2) is 4.79 Å². The SMILES string of the molecule is NCCn1cc(C(=O)OCC2CCCCO2)nn1. The summed E-state index contributed by atoms with van der Waals surface area (Å²) < 4.78 is 12.1. The standard InChI is InChI=1S/C11H18N4O3/c12-4-5-15-7-10(13-14-15)11(16)18-8-9-3-1-2-6-17-9/h7,9H,1-6,8,12H2. The maximum Gasteiger partial charge on any atom is 0.360 e. The predicted octanol–water partition coefficient (Wildman–Crippen LogP) is -0.0373. The number of hydrogen-bond acceptors (Lipinski definition) is 6. The second-order valence-corrected chi connectivity index (χ2v) is 4.24. The highest BCUT2D eigenvalue weighted by Gasteiger charge is 2.18. The van der Waals surface area contributed by atoms with Crippen LogP contribution >= 0.6 is 0 Å². The Hall–Kier alpha value is -1.47. The maximum absolute atomic E-state index is 11.7. The highest BCUT2D eigenvalue weighted by atomic mass is 16.6. The van der Waals surface area contributed by atoms with Gasteiger partial charge in [-0.3, -0.25) is 4.68 Å². The molecule has 1 aliphatic rings. The quantitative estimate of drug-likeness (QED) is 0.741. The van der Waals surface area contributed by atoms with Gasteiger partial charge in [0.15, 0.2) is 5.69 Å². The summed E-state index contributed by atoms with van der Waals surface area (Å²) >= 11 is 0. The van der Waals surface area contributed by atoms with Gasteiger partial charge in [0.2, 0.25) is 0 Å². The van der Waals surface area contributed by atoms with E-state index in [9.17, 15) is 4.79 Å². The molecular weight excluding hydrogens is 236 g/mol. The molecule has 7 heteroatoms. The van der Waals surface area contributed by atoms with Crippen LogP contribution in [0.25, 0.3) is 0 Å². The summed E-state index contributed by atoms with van der Waals surface area (Å²) in [7, 11) is 0. The zero-order valence-corrected chi connectivity index (χ0v) is 10.2. The number of hydrogen-bond donors (Lipinski definition) is 1. The Labute approximate surface area is 105 Å². The minimum atomic E-state index is -0.465. The lowest BCUT2D eigenvalue weighted by atomic mass is 10.1. The first-order valence-electron chi connectivity index (χ1n) is 6.18. The number of nitrogens with zero attached hydrogens (tertiary/aromatic N) is 3. The Morgan fingerprint density at radius 1 is 1.61 bits per heavy atom. The third-order valence-corrected chi connectivity index (χ3v) is 2.78. The fourth-order valence-corrected chi connectivity index (χ4v) is 1.81. The Morgan fingerprint density at radius 2 is 2.50 bits per heavy atom. The Balaban J connectivity index is 1.79. The summed E-state index contributed by atoms with van der Waals surface area (Å²) in [4.78, 5) is 11.7. The molecule has 2 heterocycles. The Morgan fingerprint density at radius 3 is 3.22 bits per heavy atom. The molecule has 0 saturated carbocycles. The Bertz CT molecular complexity index is 387. The van der Waals surface area contributed by atoms with E-state index in [1.807, 2.05) is 0 Å². The van der Waals surface area contributed by atoms with Crippen molar-refractivity contribution < 1.29 is 14.3 Å². The van der Waals surface area contributed by atoms with Gasteiger partial charge in [-0.05, 0) is 19.3 Å². The number of carbonyl (C=O) groups excluding carboxylic acids is 1. The van der Waals surface area contributed by atoms with Crippen molar-refractivity contribution in [1.29, 1.82) is 0 Å². The van der Waals surface area contributed by atoms with Crippen molar-refractivity contribution in [3.8, 4) is 0 Å². The highest BCUT2D eigenvalue weighted by molar-refractivity contribution is 5.86. The first-order chi connectivity index (χ1) is 8.79. The van der Waals surface area contributed by atoms with Crippen molar-refractivity contribution >= 4 is 5.97 Å². The van der Waals surface area contributed by atoms with Gasteiger partial charge in [-0.1, -0.05) is 5.21 Å². The molecule has 1 fully saturated rings.